The minimum atomic E-state index is -1.05. The molecule has 0 bridgehead atoms. The van der Waals surface area contributed by atoms with Crippen LogP contribution in [-0.4, -0.2) is 75.4 Å². The zero-order valence-electron chi connectivity index (χ0n) is 22.8. The number of alkyl carbamates (subject to hydrolysis) is 1. The topological polar surface area (TPSA) is 132 Å². The molecular formula is C28H43N3O7. The molecule has 2 rings (SSSR count). The monoisotopic (exact) mass is 533 g/mol. The first-order valence-electron chi connectivity index (χ1n) is 13.5. The van der Waals surface area contributed by atoms with E-state index in [1.807, 2.05) is 44.2 Å². The number of hydrogen-bond acceptors (Lipinski definition) is 7. The van der Waals surface area contributed by atoms with Gasteiger partial charge in [0.2, 0.25) is 11.7 Å². The molecule has 3 amide bonds. The van der Waals surface area contributed by atoms with Crippen LogP contribution in [0.5, 0.6) is 0 Å². The van der Waals surface area contributed by atoms with Crippen LogP contribution in [0.2, 0.25) is 0 Å². The maximum atomic E-state index is 13.2. The molecule has 0 heterocycles. The van der Waals surface area contributed by atoms with Crippen molar-refractivity contribution < 1.29 is 33.4 Å². The summed E-state index contributed by atoms with van der Waals surface area (Å²) in [7, 11) is 1.62. The molecule has 0 saturated heterocycles. The number of ether oxygens (including phenoxy) is 3. The van der Waals surface area contributed by atoms with E-state index < -0.39 is 35.8 Å². The van der Waals surface area contributed by atoms with Crippen molar-refractivity contribution in [3.8, 4) is 0 Å². The largest absolute Gasteiger partial charge is 0.450 e. The Labute approximate surface area is 225 Å². The minimum absolute atomic E-state index is 0.0211. The Morgan fingerprint density at radius 1 is 0.895 bits per heavy atom. The summed E-state index contributed by atoms with van der Waals surface area (Å²) in [6.45, 7) is 5.81. The van der Waals surface area contributed by atoms with Crippen molar-refractivity contribution in [3.05, 3.63) is 35.9 Å². The molecule has 0 aromatic heterocycles. The number of Topliss-reactive ketones (excluding diaryl/α,β-unsaturated/α-hetero) is 1. The van der Waals surface area contributed by atoms with Crippen molar-refractivity contribution in [3.63, 3.8) is 0 Å². The van der Waals surface area contributed by atoms with E-state index >= 15 is 0 Å². The van der Waals surface area contributed by atoms with Gasteiger partial charge in [0, 0.05) is 26.2 Å². The SMILES string of the molecule is COCCOCCCCCOC(=O)NC(CC(C)C)C(=O)N[C@@H](Cc1ccccc1)C(=O)C(=O)NC1CC1. The molecule has 10 heteroatoms. The number of amides is 3. The molecule has 38 heavy (non-hydrogen) atoms. The molecule has 1 aliphatic carbocycles. The highest BCUT2D eigenvalue weighted by Crippen LogP contribution is 2.18. The Morgan fingerprint density at radius 3 is 2.26 bits per heavy atom. The summed E-state index contributed by atoms with van der Waals surface area (Å²) < 4.78 is 15.6. The molecule has 1 saturated carbocycles. The molecule has 1 fully saturated rings. The first kappa shape index (κ1) is 31.2. The van der Waals surface area contributed by atoms with E-state index in [2.05, 4.69) is 16.0 Å². The number of methoxy groups -OCH3 is 1. The predicted octanol–water partition coefficient (Wildman–Crippen LogP) is 2.54. The summed E-state index contributed by atoms with van der Waals surface area (Å²) in [6.07, 6.45) is 3.86. The van der Waals surface area contributed by atoms with Crippen LogP contribution in [0.15, 0.2) is 30.3 Å². The number of hydrogen-bond donors (Lipinski definition) is 3. The highest BCUT2D eigenvalue weighted by molar-refractivity contribution is 6.38. The highest BCUT2D eigenvalue weighted by Gasteiger charge is 2.33. The number of rotatable bonds is 19. The van der Waals surface area contributed by atoms with Gasteiger partial charge in [-0.15, -0.1) is 0 Å². The van der Waals surface area contributed by atoms with Gasteiger partial charge in [-0.1, -0.05) is 44.2 Å². The van der Waals surface area contributed by atoms with Gasteiger partial charge in [0.1, 0.15) is 12.1 Å². The number of unbranched alkanes of at least 4 members (excludes halogenated alkanes) is 2. The molecule has 1 aliphatic rings. The van der Waals surface area contributed by atoms with Crippen molar-refractivity contribution in [2.24, 2.45) is 5.92 Å². The minimum Gasteiger partial charge on any atom is -0.450 e. The van der Waals surface area contributed by atoms with E-state index in [1.165, 1.54) is 0 Å². The molecule has 10 nitrogen and oxygen atoms in total. The van der Waals surface area contributed by atoms with E-state index in [-0.39, 0.29) is 25.0 Å². The smallest absolute Gasteiger partial charge is 0.407 e. The van der Waals surface area contributed by atoms with Gasteiger partial charge in [0.15, 0.2) is 0 Å². The van der Waals surface area contributed by atoms with E-state index in [0.29, 0.717) is 32.7 Å². The molecule has 1 unspecified atom stereocenters. The van der Waals surface area contributed by atoms with E-state index in [9.17, 15) is 19.2 Å². The zero-order valence-corrected chi connectivity index (χ0v) is 22.8. The molecule has 2 atom stereocenters. The summed E-state index contributed by atoms with van der Waals surface area (Å²) in [5, 5.41) is 8.04. The second-order valence-electron chi connectivity index (χ2n) is 9.99. The summed E-state index contributed by atoms with van der Waals surface area (Å²) in [6, 6.07) is 7.23. The Bertz CT molecular complexity index is 874. The average molecular weight is 534 g/mol. The van der Waals surface area contributed by atoms with Crippen LogP contribution in [0.25, 0.3) is 0 Å². The fourth-order valence-corrected chi connectivity index (χ4v) is 3.75. The van der Waals surface area contributed by atoms with Crippen molar-refractivity contribution >= 4 is 23.7 Å². The fourth-order valence-electron chi connectivity index (χ4n) is 3.75. The van der Waals surface area contributed by atoms with Crippen molar-refractivity contribution in [1.82, 2.24) is 16.0 Å². The molecule has 1 aromatic rings. The number of ketones is 1. The summed E-state index contributed by atoms with van der Waals surface area (Å²) in [5.74, 6) is -1.85. The van der Waals surface area contributed by atoms with Crippen LogP contribution >= 0.6 is 0 Å². The molecule has 0 aliphatic heterocycles. The first-order chi connectivity index (χ1) is 18.3. The number of nitrogens with one attached hydrogen (secondary N) is 3. The van der Waals surface area contributed by atoms with Crippen molar-refractivity contribution in [2.75, 3.05) is 33.5 Å². The van der Waals surface area contributed by atoms with Gasteiger partial charge in [-0.2, -0.15) is 0 Å². The predicted molar refractivity (Wildman–Crippen MR) is 143 cm³/mol. The van der Waals surface area contributed by atoms with Gasteiger partial charge in [-0.05, 0) is 50.0 Å². The Balaban J connectivity index is 1.89. The van der Waals surface area contributed by atoms with Gasteiger partial charge >= 0.3 is 6.09 Å². The van der Waals surface area contributed by atoms with Crippen LogP contribution in [0.3, 0.4) is 0 Å². The van der Waals surface area contributed by atoms with Gasteiger partial charge in [0.05, 0.1) is 19.8 Å². The first-order valence-corrected chi connectivity index (χ1v) is 13.5. The second kappa shape index (κ2) is 17.5. The molecule has 3 N–H and O–H groups in total. The molecule has 0 radical (unpaired) electrons. The third-order valence-corrected chi connectivity index (χ3v) is 5.97. The lowest BCUT2D eigenvalue weighted by atomic mass is 9.99. The van der Waals surface area contributed by atoms with Crippen LogP contribution in [0.1, 0.15) is 57.9 Å². The number of carbonyl (C=O) groups is 4. The lowest BCUT2D eigenvalue weighted by Gasteiger charge is -2.23. The standard InChI is InChI=1S/C28H43N3O7/c1-20(2)18-24(31-28(35)38-15-9-5-8-14-37-17-16-36-3)26(33)30-23(19-21-10-6-4-7-11-21)25(32)27(34)29-22-12-13-22/h4,6-7,10-11,20,22-24H,5,8-9,12-19H2,1-3H3,(H,29,34)(H,30,33)(H,31,35)/t23-,24?/m0/s1. The summed E-state index contributed by atoms with van der Waals surface area (Å²) >= 11 is 0. The average Bonchev–Trinajstić information content (AvgIpc) is 3.70. The normalized spacial score (nSPS) is 14.4. The van der Waals surface area contributed by atoms with Gasteiger partial charge in [-0.3, -0.25) is 14.4 Å². The Hall–Kier alpha value is -2.98. The van der Waals surface area contributed by atoms with Crippen LogP contribution in [0, 0.1) is 5.92 Å². The van der Waals surface area contributed by atoms with E-state index in [1.54, 1.807) is 7.11 Å². The lowest BCUT2D eigenvalue weighted by molar-refractivity contribution is -0.140. The Kier molecular flexibility index (Phi) is 14.4. The van der Waals surface area contributed by atoms with Gasteiger partial charge in [0.25, 0.3) is 5.91 Å². The lowest BCUT2D eigenvalue weighted by Crippen LogP contribution is -2.55. The van der Waals surface area contributed by atoms with Crippen LogP contribution in [-0.2, 0) is 35.0 Å². The number of benzene rings is 1. The van der Waals surface area contributed by atoms with Crippen LogP contribution < -0.4 is 16.0 Å². The fraction of sp³-hybridized carbons (Fsp3) is 0.643. The second-order valence-corrected chi connectivity index (χ2v) is 9.99. The molecule has 1 aromatic carbocycles. The number of carbonyl (C=O) groups excluding carboxylic acids is 4. The van der Waals surface area contributed by atoms with Gasteiger partial charge in [-0.25, -0.2) is 4.79 Å². The quantitative estimate of drug-likeness (QED) is 0.184. The summed E-state index contributed by atoms with van der Waals surface area (Å²) in [4.78, 5) is 51.1. The van der Waals surface area contributed by atoms with Crippen molar-refractivity contribution in [2.45, 2.75) is 76.9 Å². The van der Waals surface area contributed by atoms with E-state index in [4.69, 9.17) is 14.2 Å². The third kappa shape index (κ3) is 13.0. The molecular weight excluding hydrogens is 490 g/mol. The maximum Gasteiger partial charge on any atom is 0.407 e. The summed E-state index contributed by atoms with van der Waals surface area (Å²) in [5.41, 5.74) is 0.808. The highest BCUT2D eigenvalue weighted by atomic mass is 16.5. The van der Waals surface area contributed by atoms with E-state index in [0.717, 1.165) is 31.2 Å². The van der Waals surface area contributed by atoms with Crippen LogP contribution in [0.4, 0.5) is 4.79 Å². The molecule has 212 valence electrons. The third-order valence-electron chi connectivity index (χ3n) is 5.97. The molecule has 0 spiro atoms. The van der Waals surface area contributed by atoms with Crippen molar-refractivity contribution in [1.29, 1.82) is 0 Å². The Morgan fingerprint density at radius 2 is 1.61 bits per heavy atom. The maximum absolute atomic E-state index is 13.2. The zero-order chi connectivity index (χ0) is 27.8. The van der Waals surface area contributed by atoms with Gasteiger partial charge < -0.3 is 30.2 Å².